The number of benzene rings is 2. The third-order valence-corrected chi connectivity index (χ3v) is 5.61. The van der Waals surface area contributed by atoms with E-state index in [4.69, 9.17) is 22.5 Å². The Labute approximate surface area is 180 Å². The van der Waals surface area contributed by atoms with Gasteiger partial charge >= 0.3 is 6.18 Å². The fourth-order valence-corrected chi connectivity index (χ4v) is 4.40. The molecule has 164 valence electrons. The highest BCUT2D eigenvalue weighted by Gasteiger charge is 2.30. The molecule has 0 saturated carbocycles. The molecule has 0 fully saturated rings. The van der Waals surface area contributed by atoms with Crippen LogP contribution in [-0.4, -0.2) is 30.3 Å². The zero-order valence-electron chi connectivity index (χ0n) is 15.7. The molecule has 0 saturated heterocycles. The smallest absolute Gasteiger partial charge is 0.369 e. The zero-order valence-corrected chi connectivity index (χ0v) is 17.3. The zero-order chi connectivity index (χ0) is 23.0. The van der Waals surface area contributed by atoms with Crippen molar-refractivity contribution in [2.24, 2.45) is 10.9 Å². The molecule has 0 aliphatic rings. The summed E-state index contributed by atoms with van der Waals surface area (Å²) in [5.41, 5.74) is 5.55. The van der Waals surface area contributed by atoms with E-state index in [1.165, 1.54) is 24.3 Å². The van der Waals surface area contributed by atoms with Gasteiger partial charge in [0.2, 0.25) is 15.9 Å². The van der Waals surface area contributed by atoms with Gasteiger partial charge in [0.05, 0.1) is 24.7 Å². The Morgan fingerprint density at radius 1 is 1.16 bits per heavy atom. The number of hydrogen-bond acceptors (Lipinski definition) is 4. The number of nitrogens with two attached hydrogens (primary N) is 2. The van der Waals surface area contributed by atoms with Crippen LogP contribution in [0.3, 0.4) is 0 Å². The SMILES string of the molecule is NC(=O)Cc1ccc(-n2cc(CC(F)(F)F)cn2)c(S(N)(=O)=O)c1-c1ccccc1Cl. The van der Waals surface area contributed by atoms with Crippen molar-refractivity contribution in [2.75, 3.05) is 0 Å². The second-order valence-electron chi connectivity index (χ2n) is 6.70. The van der Waals surface area contributed by atoms with Gasteiger partial charge in [-0.25, -0.2) is 18.2 Å². The molecule has 3 rings (SSSR count). The van der Waals surface area contributed by atoms with Crippen LogP contribution in [0, 0.1) is 0 Å². The maximum atomic E-state index is 12.7. The molecule has 12 heteroatoms. The molecule has 0 bridgehead atoms. The fraction of sp³-hybridized carbons (Fsp3) is 0.158. The Kier molecular flexibility index (Phi) is 6.12. The van der Waals surface area contributed by atoms with Crippen molar-refractivity contribution in [3.8, 4) is 16.8 Å². The second kappa shape index (κ2) is 8.33. The van der Waals surface area contributed by atoms with Crippen molar-refractivity contribution in [1.82, 2.24) is 9.78 Å². The molecule has 1 heterocycles. The summed E-state index contributed by atoms with van der Waals surface area (Å²) >= 11 is 6.27. The quantitative estimate of drug-likeness (QED) is 0.572. The van der Waals surface area contributed by atoms with Crippen LogP contribution < -0.4 is 10.9 Å². The third kappa shape index (κ3) is 5.24. The van der Waals surface area contributed by atoms with Crippen molar-refractivity contribution in [1.29, 1.82) is 0 Å². The highest BCUT2D eigenvalue weighted by molar-refractivity contribution is 7.89. The minimum atomic E-state index is -4.47. The normalized spacial score (nSPS) is 12.2. The van der Waals surface area contributed by atoms with Crippen molar-refractivity contribution < 1.29 is 26.4 Å². The Bertz CT molecular complexity index is 1260. The minimum Gasteiger partial charge on any atom is -0.369 e. The largest absolute Gasteiger partial charge is 0.393 e. The van der Waals surface area contributed by atoms with E-state index in [0.717, 1.165) is 17.1 Å². The van der Waals surface area contributed by atoms with Gasteiger partial charge in [-0.3, -0.25) is 4.79 Å². The lowest BCUT2D eigenvalue weighted by atomic mass is 9.96. The maximum Gasteiger partial charge on any atom is 0.393 e. The lowest BCUT2D eigenvalue weighted by Crippen LogP contribution is -2.20. The minimum absolute atomic E-state index is 0.0253. The first-order chi connectivity index (χ1) is 14.4. The highest BCUT2D eigenvalue weighted by atomic mass is 35.5. The van der Waals surface area contributed by atoms with Crippen LogP contribution in [-0.2, 0) is 27.7 Å². The van der Waals surface area contributed by atoms with E-state index in [0.29, 0.717) is 0 Å². The van der Waals surface area contributed by atoms with Crippen LogP contribution in [0.1, 0.15) is 11.1 Å². The second-order valence-corrected chi connectivity index (χ2v) is 8.61. The molecule has 1 amide bonds. The average Bonchev–Trinajstić information content (AvgIpc) is 3.07. The molecule has 31 heavy (non-hydrogen) atoms. The van der Waals surface area contributed by atoms with Crippen LogP contribution in [0.2, 0.25) is 5.02 Å². The van der Waals surface area contributed by atoms with Gasteiger partial charge < -0.3 is 5.73 Å². The lowest BCUT2D eigenvalue weighted by Gasteiger charge is -2.18. The summed E-state index contributed by atoms with van der Waals surface area (Å²) in [7, 11) is -4.46. The molecule has 0 radical (unpaired) electrons. The maximum absolute atomic E-state index is 12.7. The number of amides is 1. The Morgan fingerprint density at radius 2 is 1.84 bits per heavy atom. The molecule has 0 aliphatic heterocycles. The predicted octanol–water partition coefficient (Wildman–Crippen LogP) is 2.97. The third-order valence-electron chi connectivity index (χ3n) is 4.30. The van der Waals surface area contributed by atoms with Gasteiger partial charge in [-0.2, -0.15) is 18.3 Å². The van der Waals surface area contributed by atoms with E-state index in [9.17, 15) is 26.4 Å². The molecule has 3 aromatic rings. The number of hydrogen-bond donors (Lipinski definition) is 2. The van der Waals surface area contributed by atoms with Gasteiger partial charge in [0.15, 0.2) is 0 Å². The number of aromatic nitrogens is 2. The van der Waals surface area contributed by atoms with E-state index >= 15 is 0 Å². The topological polar surface area (TPSA) is 121 Å². The van der Waals surface area contributed by atoms with E-state index in [2.05, 4.69) is 5.10 Å². The number of primary amides is 1. The molecule has 1 aromatic heterocycles. The number of halogens is 4. The number of carbonyl (C=O) groups excluding carboxylic acids is 1. The summed E-state index contributed by atoms with van der Waals surface area (Å²) in [6, 6.07) is 8.99. The van der Waals surface area contributed by atoms with Gasteiger partial charge in [-0.1, -0.05) is 35.9 Å². The van der Waals surface area contributed by atoms with Gasteiger partial charge in [0.25, 0.3) is 0 Å². The molecular formula is C19H16ClF3N4O3S. The summed E-state index contributed by atoms with van der Waals surface area (Å²) in [5, 5.41) is 9.52. The Balaban J connectivity index is 2.33. The molecule has 0 spiro atoms. The average molecular weight is 473 g/mol. The van der Waals surface area contributed by atoms with E-state index in [1.54, 1.807) is 12.1 Å². The van der Waals surface area contributed by atoms with Gasteiger partial charge in [0.1, 0.15) is 4.90 Å². The van der Waals surface area contributed by atoms with Crippen LogP contribution in [0.25, 0.3) is 16.8 Å². The number of primary sulfonamides is 1. The van der Waals surface area contributed by atoms with Crippen LogP contribution in [0.15, 0.2) is 53.7 Å². The van der Waals surface area contributed by atoms with Crippen molar-refractivity contribution in [3.05, 3.63) is 64.9 Å². The summed E-state index contributed by atoms with van der Waals surface area (Å²) in [4.78, 5) is 11.1. The van der Waals surface area contributed by atoms with E-state index < -0.39 is 33.4 Å². The fourth-order valence-electron chi connectivity index (χ4n) is 3.19. The highest BCUT2D eigenvalue weighted by Crippen LogP contribution is 2.38. The summed E-state index contributed by atoms with van der Waals surface area (Å²) in [6.45, 7) is 0. The predicted molar refractivity (Wildman–Crippen MR) is 108 cm³/mol. The van der Waals surface area contributed by atoms with E-state index in [1.807, 2.05) is 0 Å². The van der Waals surface area contributed by atoms with Gasteiger partial charge in [0, 0.05) is 22.3 Å². The van der Waals surface area contributed by atoms with Crippen LogP contribution in [0.4, 0.5) is 13.2 Å². The number of nitrogens with zero attached hydrogens (tertiary/aromatic N) is 2. The number of alkyl halides is 3. The first kappa shape index (κ1) is 22.8. The molecule has 0 aliphatic carbocycles. The van der Waals surface area contributed by atoms with E-state index in [-0.39, 0.29) is 39.4 Å². The summed E-state index contributed by atoms with van der Waals surface area (Å²) in [6.07, 6.45) is -3.99. The lowest BCUT2D eigenvalue weighted by molar-refractivity contribution is -0.127. The molecule has 0 atom stereocenters. The Hall–Kier alpha value is -2.89. The van der Waals surface area contributed by atoms with Gasteiger partial charge in [-0.05, 0) is 23.3 Å². The van der Waals surface area contributed by atoms with Crippen LogP contribution in [0.5, 0.6) is 0 Å². The molecule has 0 unspecified atom stereocenters. The first-order valence-corrected chi connectivity index (χ1v) is 10.6. The molecule has 7 nitrogen and oxygen atoms in total. The summed E-state index contributed by atoms with van der Waals surface area (Å²) in [5.74, 6) is -0.729. The van der Waals surface area contributed by atoms with Crippen molar-refractivity contribution in [2.45, 2.75) is 23.9 Å². The Morgan fingerprint density at radius 3 is 2.42 bits per heavy atom. The number of carbonyl (C=O) groups is 1. The van der Waals surface area contributed by atoms with Crippen molar-refractivity contribution in [3.63, 3.8) is 0 Å². The van der Waals surface area contributed by atoms with Crippen LogP contribution >= 0.6 is 11.6 Å². The first-order valence-electron chi connectivity index (χ1n) is 8.69. The van der Waals surface area contributed by atoms with Crippen molar-refractivity contribution >= 4 is 27.5 Å². The van der Waals surface area contributed by atoms with Gasteiger partial charge in [-0.15, -0.1) is 0 Å². The molecule has 4 N–H and O–H groups in total. The summed E-state index contributed by atoms with van der Waals surface area (Å²) < 4.78 is 64.3. The molecular weight excluding hydrogens is 457 g/mol. The number of rotatable bonds is 6. The monoisotopic (exact) mass is 472 g/mol. The number of sulfonamides is 1. The molecule has 2 aromatic carbocycles. The standard InChI is InChI=1S/C19H16ClF3N4O3S/c20-14-4-2-1-3-13(14)17-12(7-16(24)28)5-6-15(18(17)31(25,29)30)27-10-11(9-26-27)8-19(21,22)23/h1-6,9-10H,7-8H2,(H2,24,28)(H2,25,29,30).